The minimum absolute atomic E-state index is 0.0660. The van der Waals surface area contributed by atoms with Gasteiger partial charge in [0.15, 0.2) is 0 Å². The number of amides is 2. The average molecular weight is 482 g/mol. The van der Waals surface area contributed by atoms with Gasteiger partial charge in [-0.2, -0.15) is 5.26 Å². The minimum Gasteiger partial charge on any atom is -0.480 e. The van der Waals surface area contributed by atoms with Gasteiger partial charge < -0.3 is 15.1 Å². The van der Waals surface area contributed by atoms with Crippen LogP contribution in [0.25, 0.3) is 0 Å². The molecule has 1 unspecified atom stereocenters. The Hall–Kier alpha value is -4.97. The second-order valence-corrected chi connectivity index (χ2v) is 8.19. The summed E-state index contributed by atoms with van der Waals surface area (Å²) in [6.45, 7) is -0.820. The number of piperazine rings is 1. The van der Waals surface area contributed by atoms with E-state index in [2.05, 4.69) is 6.07 Å². The van der Waals surface area contributed by atoms with E-state index in [-0.39, 0.29) is 13.1 Å². The normalized spacial score (nSPS) is 15.2. The van der Waals surface area contributed by atoms with Gasteiger partial charge in [0, 0.05) is 17.7 Å². The van der Waals surface area contributed by atoms with Gasteiger partial charge in [0.25, 0.3) is 0 Å². The number of hydrogen-bond donors (Lipinski definition) is 2. The Morgan fingerprint density at radius 1 is 0.972 bits per heavy atom. The molecule has 36 heavy (non-hydrogen) atoms. The molecule has 0 radical (unpaired) electrons. The van der Waals surface area contributed by atoms with Gasteiger partial charge in [0.05, 0.1) is 23.5 Å². The lowest BCUT2D eigenvalue weighted by Crippen LogP contribution is -2.59. The first-order valence-corrected chi connectivity index (χ1v) is 11.1. The molecule has 180 valence electrons. The summed E-state index contributed by atoms with van der Waals surface area (Å²) in [4.78, 5) is 42.5. The molecular formula is C27H22N4O5. The molecule has 0 aromatic heterocycles. The molecule has 0 spiro atoms. The molecule has 1 atom stereocenters. The summed E-state index contributed by atoms with van der Waals surface area (Å²) in [7, 11) is 0. The number of carbonyl (C=O) groups is 3. The molecule has 0 saturated carbocycles. The fourth-order valence-corrected chi connectivity index (χ4v) is 4.02. The van der Waals surface area contributed by atoms with Crippen LogP contribution in [0, 0.1) is 11.3 Å². The van der Waals surface area contributed by atoms with Crippen molar-refractivity contribution in [2.45, 2.75) is 12.6 Å². The van der Waals surface area contributed by atoms with Crippen molar-refractivity contribution < 1.29 is 24.6 Å². The Morgan fingerprint density at radius 2 is 1.58 bits per heavy atom. The van der Waals surface area contributed by atoms with E-state index in [1.165, 1.54) is 0 Å². The number of hydrogen-bond acceptors (Lipinski definition) is 5. The standard InChI is InChI=1S/C27H22N4O5/c28-14-21-12-11-18(15-31-23(26(33)34)16-30(27(35)36)17-24(31)32)13-22(21)29-25(19-7-3-1-4-8-19)20-9-5-2-6-10-20/h1-13,23H,15-17H2,(H,33,34)(H,35,36). The van der Waals surface area contributed by atoms with Gasteiger partial charge in [-0.25, -0.2) is 14.6 Å². The summed E-state index contributed by atoms with van der Waals surface area (Å²) < 4.78 is 0. The molecule has 1 aliphatic rings. The van der Waals surface area contributed by atoms with Crippen molar-refractivity contribution in [1.29, 1.82) is 5.26 Å². The Morgan fingerprint density at radius 3 is 2.11 bits per heavy atom. The van der Waals surface area contributed by atoms with Crippen LogP contribution >= 0.6 is 0 Å². The monoisotopic (exact) mass is 482 g/mol. The largest absolute Gasteiger partial charge is 0.480 e. The van der Waals surface area contributed by atoms with Crippen molar-refractivity contribution in [3.05, 3.63) is 101 Å². The number of nitriles is 1. The minimum atomic E-state index is -1.35. The van der Waals surface area contributed by atoms with E-state index in [1.54, 1.807) is 18.2 Å². The van der Waals surface area contributed by atoms with E-state index in [1.807, 2.05) is 60.7 Å². The van der Waals surface area contributed by atoms with Crippen LogP contribution in [-0.4, -0.2) is 62.8 Å². The van der Waals surface area contributed by atoms with E-state index in [9.17, 15) is 29.9 Å². The van der Waals surface area contributed by atoms with Gasteiger partial charge in [-0.3, -0.25) is 9.69 Å². The first kappa shape index (κ1) is 24.2. The smallest absolute Gasteiger partial charge is 0.407 e. The second kappa shape index (κ2) is 10.5. The molecule has 9 heteroatoms. The first-order valence-electron chi connectivity index (χ1n) is 11.1. The third-order valence-electron chi connectivity index (χ3n) is 5.83. The molecule has 1 fully saturated rings. The Kier molecular flexibility index (Phi) is 7.07. The lowest BCUT2D eigenvalue weighted by molar-refractivity contribution is -0.155. The zero-order valence-electron chi connectivity index (χ0n) is 19.1. The van der Waals surface area contributed by atoms with Crippen LogP contribution in [0.3, 0.4) is 0 Å². The van der Waals surface area contributed by atoms with E-state index >= 15 is 0 Å². The quantitative estimate of drug-likeness (QED) is 0.517. The number of aliphatic imine (C=N–C) groups is 1. The lowest BCUT2D eigenvalue weighted by atomic mass is 10.0. The fraction of sp³-hybridized carbons (Fsp3) is 0.148. The highest BCUT2D eigenvalue weighted by atomic mass is 16.4. The van der Waals surface area contributed by atoms with Gasteiger partial charge in [-0.05, 0) is 17.7 Å². The van der Waals surface area contributed by atoms with Gasteiger partial charge in [0.2, 0.25) is 5.91 Å². The predicted molar refractivity (Wildman–Crippen MR) is 131 cm³/mol. The molecule has 2 N–H and O–H groups in total. The predicted octanol–water partition coefficient (Wildman–Crippen LogP) is 3.50. The molecule has 3 aromatic rings. The number of carboxylic acids is 1. The number of benzene rings is 3. The highest BCUT2D eigenvalue weighted by Gasteiger charge is 2.38. The average Bonchev–Trinajstić information content (AvgIpc) is 2.89. The Balaban J connectivity index is 1.73. The number of rotatable bonds is 6. The lowest BCUT2D eigenvalue weighted by Gasteiger charge is -2.37. The molecule has 4 rings (SSSR count). The zero-order chi connectivity index (χ0) is 25.7. The summed E-state index contributed by atoms with van der Waals surface area (Å²) in [5, 5.41) is 28.5. The van der Waals surface area contributed by atoms with E-state index in [0.717, 1.165) is 20.9 Å². The maximum atomic E-state index is 12.7. The van der Waals surface area contributed by atoms with Crippen molar-refractivity contribution in [2.75, 3.05) is 13.1 Å². The van der Waals surface area contributed by atoms with E-state index in [0.29, 0.717) is 22.5 Å². The molecular weight excluding hydrogens is 460 g/mol. The molecule has 3 aromatic carbocycles. The summed E-state index contributed by atoms with van der Waals surface area (Å²) in [5.41, 5.74) is 3.62. The van der Waals surface area contributed by atoms with Crippen molar-refractivity contribution in [2.24, 2.45) is 4.99 Å². The number of aliphatic carboxylic acids is 1. The second-order valence-electron chi connectivity index (χ2n) is 8.19. The van der Waals surface area contributed by atoms with Gasteiger partial charge >= 0.3 is 12.1 Å². The van der Waals surface area contributed by atoms with Crippen LogP contribution in [0.2, 0.25) is 0 Å². The molecule has 0 bridgehead atoms. The Labute approximate surface area is 207 Å². The molecule has 1 heterocycles. The third-order valence-corrected chi connectivity index (χ3v) is 5.83. The van der Waals surface area contributed by atoms with E-state index < -0.39 is 30.6 Å². The van der Waals surface area contributed by atoms with E-state index in [4.69, 9.17) is 4.99 Å². The maximum Gasteiger partial charge on any atom is 0.407 e. The van der Waals surface area contributed by atoms with Crippen LogP contribution in [0.1, 0.15) is 22.3 Å². The van der Waals surface area contributed by atoms with Gasteiger partial charge in [-0.15, -0.1) is 0 Å². The van der Waals surface area contributed by atoms with Crippen LogP contribution < -0.4 is 0 Å². The first-order chi connectivity index (χ1) is 17.4. The zero-order valence-corrected chi connectivity index (χ0v) is 19.1. The van der Waals surface area contributed by atoms with Crippen molar-refractivity contribution >= 4 is 29.4 Å². The molecule has 1 aliphatic heterocycles. The number of carbonyl (C=O) groups excluding carboxylic acids is 1. The topological polar surface area (TPSA) is 134 Å². The van der Waals surface area contributed by atoms with Crippen molar-refractivity contribution in [3.8, 4) is 6.07 Å². The third kappa shape index (κ3) is 5.23. The maximum absolute atomic E-state index is 12.7. The summed E-state index contributed by atoms with van der Waals surface area (Å²) in [6, 6.07) is 24.7. The van der Waals surface area contributed by atoms with Crippen LogP contribution in [0.5, 0.6) is 0 Å². The molecule has 0 aliphatic carbocycles. The summed E-state index contributed by atoms with van der Waals surface area (Å²) in [6.07, 6.45) is -1.35. The van der Waals surface area contributed by atoms with Gasteiger partial charge in [0.1, 0.15) is 18.7 Å². The highest BCUT2D eigenvalue weighted by molar-refractivity contribution is 6.14. The molecule has 1 saturated heterocycles. The summed E-state index contributed by atoms with van der Waals surface area (Å²) >= 11 is 0. The number of nitrogens with zero attached hydrogens (tertiary/aromatic N) is 4. The van der Waals surface area contributed by atoms with Crippen LogP contribution in [-0.2, 0) is 16.1 Å². The van der Waals surface area contributed by atoms with Crippen molar-refractivity contribution in [3.63, 3.8) is 0 Å². The summed E-state index contributed by atoms with van der Waals surface area (Å²) in [5.74, 6) is -1.91. The Bertz CT molecular complexity index is 1320. The fourth-order valence-electron chi connectivity index (χ4n) is 4.02. The SMILES string of the molecule is N#Cc1ccc(CN2C(=O)CN(C(=O)O)CC2C(=O)O)cc1N=C(c1ccccc1)c1ccccc1. The highest BCUT2D eigenvalue weighted by Crippen LogP contribution is 2.26. The van der Waals surface area contributed by atoms with Gasteiger partial charge in [-0.1, -0.05) is 66.7 Å². The van der Waals surface area contributed by atoms with Crippen molar-refractivity contribution in [1.82, 2.24) is 9.80 Å². The molecule has 9 nitrogen and oxygen atoms in total. The van der Waals surface area contributed by atoms with Crippen LogP contribution in [0.4, 0.5) is 10.5 Å². The van der Waals surface area contributed by atoms with Crippen LogP contribution in [0.15, 0.2) is 83.9 Å². The number of carboxylic acid groups (broad SMARTS) is 2. The molecule has 2 amide bonds.